The number of nitrogens with zero attached hydrogens (tertiary/aromatic N) is 2. The first kappa shape index (κ1) is 18.8. The SMILES string of the molecule is O=C(CCCOc1ccc(F)cc1)Nc1nnc(SCc2cccs2)s1. The number of thiophene rings is 1. The van der Waals surface area contributed by atoms with Crippen LogP contribution in [0.25, 0.3) is 0 Å². The molecule has 3 rings (SSSR count). The van der Waals surface area contributed by atoms with E-state index < -0.39 is 0 Å². The van der Waals surface area contributed by atoms with E-state index in [4.69, 9.17) is 4.74 Å². The van der Waals surface area contributed by atoms with Gasteiger partial charge in [-0.25, -0.2) is 4.39 Å². The normalized spacial score (nSPS) is 10.7. The molecule has 26 heavy (non-hydrogen) atoms. The Bertz CT molecular complexity index is 822. The molecule has 3 aromatic rings. The lowest BCUT2D eigenvalue weighted by Gasteiger charge is -2.05. The molecular formula is C17H16FN3O2S3. The number of aromatic nitrogens is 2. The first-order valence-corrected chi connectivity index (χ1v) is 10.5. The topological polar surface area (TPSA) is 64.1 Å². The summed E-state index contributed by atoms with van der Waals surface area (Å²) in [5, 5.41) is 13.4. The van der Waals surface area contributed by atoms with Crippen molar-refractivity contribution >= 4 is 45.5 Å². The van der Waals surface area contributed by atoms with Crippen LogP contribution in [0.15, 0.2) is 46.1 Å². The molecule has 9 heteroatoms. The van der Waals surface area contributed by atoms with Gasteiger partial charge in [-0.3, -0.25) is 4.79 Å². The summed E-state index contributed by atoms with van der Waals surface area (Å²) in [6, 6.07) is 9.90. The monoisotopic (exact) mass is 409 g/mol. The molecule has 0 aliphatic carbocycles. The van der Waals surface area contributed by atoms with Gasteiger partial charge in [0.25, 0.3) is 0 Å². The fourth-order valence-corrected chi connectivity index (χ4v) is 4.52. The lowest BCUT2D eigenvalue weighted by Crippen LogP contribution is -2.12. The minimum atomic E-state index is -0.304. The summed E-state index contributed by atoms with van der Waals surface area (Å²) in [5.74, 6) is 1.00. The van der Waals surface area contributed by atoms with Crippen LogP contribution in [0.5, 0.6) is 5.75 Å². The third-order valence-electron chi connectivity index (χ3n) is 3.20. The summed E-state index contributed by atoms with van der Waals surface area (Å²) in [6.45, 7) is 0.386. The zero-order valence-electron chi connectivity index (χ0n) is 13.7. The summed E-state index contributed by atoms with van der Waals surface area (Å²) >= 11 is 4.68. The number of halogens is 1. The van der Waals surface area contributed by atoms with Gasteiger partial charge in [-0.15, -0.1) is 21.5 Å². The molecule has 1 N–H and O–H groups in total. The number of amides is 1. The average Bonchev–Trinajstić information content (AvgIpc) is 3.30. The van der Waals surface area contributed by atoms with Gasteiger partial charge in [-0.05, 0) is 42.1 Å². The second kappa shape index (κ2) is 9.65. The van der Waals surface area contributed by atoms with Gasteiger partial charge in [0.05, 0.1) is 6.61 Å². The number of nitrogens with one attached hydrogen (secondary N) is 1. The minimum absolute atomic E-state index is 0.126. The smallest absolute Gasteiger partial charge is 0.226 e. The van der Waals surface area contributed by atoms with E-state index in [0.717, 1.165) is 10.1 Å². The molecule has 136 valence electrons. The van der Waals surface area contributed by atoms with Crippen LogP contribution >= 0.6 is 34.4 Å². The van der Waals surface area contributed by atoms with Crippen LogP contribution in [0.1, 0.15) is 17.7 Å². The van der Waals surface area contributed by atoms with Crippen LogP contribution < -0.4 is 10.1 Å². The third-order valence-corrected chi connectivity index (χ3v) is 6.28. The van der Waals surface area contributed by atoms with Crippen molar-refractivity contribution in [2.45, 2.75) is 22.9 Å². The predicted molar refractivity (Wildman–Crippen MR) is 104 cm³/mol. The number of hydrogen-bond donors (Lipinski definition) is 1. The Morgan fingerprint density at radius 1 is 1.23 bits per heavy atom. The summed E-state index contributed by atoms with van der Waals surface area (Å²) in [5.41, 5.74) is 0. The molecule has 5 nitrogen and oxygen atoms in total. The third kappa shape index (κ3) is 6.08. The molecule has 0 unspecified atom stereocenters. The molecule has 1 aromatic carbocycles. The summed E-state index contributed by atoms with van der Waals surface area (Å²) in [6.07, 6.45) is 0.875. The first-order chi connectivity index (χ1) is 12.7. The number of rotatable bonds is 9. The number of anilines is 1. The van der Waals surface area contributed by atoms with Gasteiger partial charge in [0.2, 0.25) is 11.0 Å². The zero-order valence-corrected chi connectivity index (χ0v) is 16.1. The number of benzene rings is 1. The lowest BCUT2D eigenvalue weighted by molar-refractivity contribution is -0.116. The van der Waals surface area contributed by atoms with E-state index in [1.54, 1.807) is 35.2 Å². The molecule has 0 bridgehead atoms. The van der Waals surface area contributed by atoms with E-state index in [0.29, 0.717) is 30.3 Å². The largest absolute Gasteiger partial charge is 0.494 e. The maximum absolute atomic E-state index is 12.8. The van der Waals surface area contributed by atoms with Crippen molar-refractivity contribution < 1.29 is 13.9 Å². The van der Waals surface area contributed by atoms with Crippen molar-refractivity contribution in [1.82, 2.24) is 10.2 Å². The van der Waals surface area contributed by atoms with Crippen LogP contribution in [-0.4, -0.2) is 22.7 Å². The molecule has 1 amide bonds. The van der Waals surface area contributed by atoms with Gasteiger partial charge in [0.1, 0.15) is 11.6 Å². The molecule has 0 saturated carbocycles. The summed E-state index contributed by atoms with van der Waals surface area (Å²) < 4.78 is 19.1. The van der Waals surface area contributed by atoms with Crippen LogP contribution in [0.4, 0.5) is 9.52 Å². The Kier molecular flexibility index (Phi) is 6.98. The van der Waals surface area contributed by atoms with Gasteiger partial charge in [-0.2, -0.15) is 0 Å². The van der Waals surface area contributed by atoms with Gasteiger partial charge in [0.15, 0.2) is 4.34 Å². The predicted octanol–water partition coefficient (Wildman–Crippen LogP) is 4.83. The van der Waals surface area contributed by atoms with Crippen molar-refractivity contribution in [2.75, 3.05) is 11.9 Å². The molecule has 0 atom stereocenters. The zero-order chi connectivity index (χ0) is 18.2. The van der Waals surface area contributed by atoms with Gasteiger partial charge in [-0.1, -0.05) is 29.2 Å². The number of carbonyl (C=O) groups is 1. The number of thioether (sulfide) groups is 1. The minimum Gasteiger partial charge on any atom is -0.494 e. The Labute approximate surface area is 162 Å². The Hall–Kier alpha value is -1.97. The highest BCUT2D eigenvalue weighted by atomic mass is 32.2. The Balaban J connectivity index is 1.34. The number of hydrogen-bond acceptors (Lipinski definition) is 7. The summed E-state index contributed by atoms with van der Waals surface area (Å²) in [7, 11) is 0. The fraction of sp³-hybridized carbons (Fsp3) is 0.235. The van der Waals surface area contributed by atoms with E-state index in [2.05, 4.69) is 21.6 Å². The molecule has 0 aliphatic rings. The van der Waals surface area contributed by atoms with E-state index in [1.165, 1.54) is 28.3 Å². The van der Waals surface area contributed by atoms with Crippen molar-refractivity contribution in [3.05, 3.63) is 52.5 Å². The molecular weight excluding hydrogens is 393 g/mol. The Morgan fingerprint density at radius 3 is 2.85 bits per heavy atom. The highest BCUT2D eigenvalue weighted by Crippen LogP contribution is 2.29. The van der Waals surface area contributed by atoms with Crippen molar-refractivity contribution in [3.8, 4) is 5.75 Å². The highest BCUT2D eigenvalue weighted by molar-refractivity contribution is 8.00. The fourth-order valence-electron chi connectivity index (χ4n) is 1.98. The number of carbonyl (C=O) groups excluding carboxylic acids is 1. The van der Waals surface area contributed by atoms with Gasteiger partial charge >= 0.3 is 0 Å². The molecule has 0 spiro atoms. The molecule has 2 heterocycles. The molecule has 0 fully saturated rings. The van der Waals surface area contributed by atoms with Crippen LogP contribution in [0.3, 0.4) is 0 Å². The Morgan fingerprint density at radius 2 is 2.08 bits per heavy atom. The quantitative estimate of drug-likeness (QED) is 0.312. The van der Waals surface area contributed by atoms with Gasteiger partial charge < -0.3 is 10.1 Å². The van der Waals surface area contributed by atoms with Crippen molar-refractivity contribution in [3.63, 3.8) is 0 Å². The van der Waals surface area contributed by atoms with Crippen LogP contribution in [-0.2, 0) is 10.5 Å². The standard InChI is InChI=1S/C17H16FN3O2S3/c18-12-5-7-13(8-6-12)23-9-1-4-15(22)19-16-20-21-17(26-16)25-11-14-3-2-10-24-14/h2-3,5-8,10H,1,4,9,11H2,(H,19,20,22). The van der Waals surface area contributed by atoms with E-state index >= 15 is 0 Å². The molecule has 2 aromatic heterocycles. The average molecular weight is 410 g/mol. The van der Waals surface area contributed by atoms with Gasteiger partial charge in [0, 0.05) is 17.1 Å². The first-order valence-electron chi connectivity index (χ1n) is 7.86. The van der Waals surface area contributed by atoms with Crippen molar-refractivity contribution in [1.29, 1.82) is 0 Å². The molecule has 0 radical (unpaired) electrons. The van der Waals surface area contributed by atoms with E-state index in [1.807, 2.05) is 11.4 Å². The van der Waals surface area contributed by atoms with Crippen LogP contribution in [0.2, 0.25) is 0 Å². The van der Waals surface area contributed by atoms with E-state index in [9.17, 15) is 9.18 Å². The van der Waals surface area contributed by atoms with E-state index in [-0.39, 0.29) is 11.7 Å². The molecule has 0 saturated heterocycles. The maximum atomic E-state index is 12.8. The van der Waals surface area contributed by atoms with Crippen molar-refractivity contribution in [2.24, 2.45) is 0 Å². The maximum Gasteiger partial charge on any atom is 0.226 e. The summed E-state index contributed by atoms with van der Waals surface area (Å²) in [4.78, 5) is 13.2. The molecule has 0 aliphatic heterocycles. The highest BCUT2D eigenvalue weighted by Gasteiger charge is 2.09. The number of ether oxygens (including phenoxy) is 1. The lowest BCUT2D eigenvalue weighted by atomic mass is 10.3. The second-order valence-corrected chi connectivity index (χ2v) is 8.43. The van der Waals surface area contributed by atoms with Crippen LogP contribution in [0, 0.1) is 5.82 Å². The second-order valence-electron chi connectivity index (χ2n) is 5.20.